The summed E-state index contributed by atoms with van der Waals surface area (Å²) in [5, 5.41) is 3.14. The van der Waals surface area contributed by atoms with Gasteiger partial charge in [0.05, 0.1) is 5.54 Å². The molecule has 0 aromatic heterocycles. The Hall–Kier alpha value is -1.57. The number of hydrogen-bond acceptors (Lipinski definition) is 1. The highest BCUT2D eigenvalue weighted by atomic mass is 16.1. The average molecular weight is 257 g/mol. The first-order valence-electron chi connectivity index (χ1n) is 7.12. The molecule has 0 fully saturated rings. The molecular formula is C17H23NO. The van der Waals surface area contributed by atoms with Crippen LogP contribution in [0.5, 0.6) is 0 Å². The Labute approximate surface area is 115 Å². The molecule has 0 saturated carbocycles. The molecule has 0 bridgehead atoms. The molecule has 1 aliphatic rings. The summed E-state index contributed by atoms with van der Waals surface area (Å²) in [6.45, 7) is 4.10. The van der Waals surface area contributed by atoms with Crippen LogP contribution in [0.1, 0.15) is 51.5 Å². The van der Waals surface area contributed by atoms with Crippen LogP contribution in [-0.4, -0.2) is 5.91 Å². The van der Waals surface area contributed by atoms with Gasteiger partial charge in [0.15, 0.2) is 0 Å². The molecule has 2 nitrogen and oxygen atoms in total. The van der Waals surface area contributed by atoms with E-state index in [4.69, 9.17) is 0 Å². The lowest BCUT2D eigenvalue weighted by molar-refractivity contribution is -0.122. The quantitative estimate of drug-likeness (QED) is 0.814. The van der Waals surface area contributed by atoms with Gasteiger partial charge in [-0.05, 0) is 45.1 Å². The third kappa shape index (κ3) is 3.95. The summed E-state index contributed by atoms with van der Waals surface area (Å²) in [7, 11) is 0. The Morgan fingerprint density at radius 1 is 1.21 bits per heavy atom. The minimum absolute atomic E-state index is 0.127. The molecule has 1 N–H and O–H groups in total. The number of rotatable bonds is 4. The Bertz CT molecular complexity index is 459. The van der Waals surface area contributed by atoms with E-state index in [9.17, 15) is 4.79 Å². The van der Waals surface area contributed by atoms with E-state index in [1.165, 1.54) is 18.4 Å². The smallest absolute Gasteiger partial charge is 0.224 e. The summed E-state index contributed by atoms with van der Waals surface area (Å²) in [5.41, 5.74) is 2.13. The molecule has 0 heterocycles. The molecule has 102 valence electrons. The van der Waals surface area contributed by atoms with Gasteiger partial charge in [-0.2, -0.15) is 0 Å². The minimum Gasteiger partial charge on any atom is -0.347 e. The van der Waals surface area contributed by atoms with Gasteiger partial charge in [0.1, 0.15) is 0 Å². The number of amides is 1. The zero-order valence-electron chi connectivity index (χ0n) is 11.9. The van der Waals surface area contributed by atoms with Crippen molar-refractivity contribution in [3.05, 3.63) is 47.5 Å². The van der Waals surface area contributed by atoms with Crippen molar-refractivity contribution in [3.63, 3.8) is 0 Å². The van der Waals surface area contributed by atoms with E-state index in [-0.39, 0.29) is 11.4 Å². The van der Waals surface area contributed by atoms with Crippen LogP contribution < -0.4 is 5.32 Å². The van der Waals surface area contributed by atoms with Crippen molar-refractivity contribution in [1.29, 1.82) is 0 Å². The molecule has 0 radical (unpaired) electrons. The largest absolute Gasteiger partial charge is 0.347 e. The van der Waals surface area contributed by atoms with Crippen molar-refractivity contribution in [1.82, 2.24) is 5.32 Å². The third-order valence-corrected chi connectivity index (χ3v) is 3.72. The zero-order chi connectivity index (χ0) is 13.7. The molecular weight excluding hydrogens is 234 g/mol. The topological polar surface area (TPSA) is 29.1 Å². The average Bonchev–Trinajstić information content (AvgIpc) is 2.40. The molecule has 0 saturated heterocycles. The fraction of sp³-hybridized carbons (Fsp3) is 0.471. The van der Waals surface area contributed by atoms with Crippen LogP contribution in [0.4, 0.5) is 0 Å². The van der Waals surface area contributed by atoms with Crippen molar-refractivity contribution in [2.24, 2.45) is 0 Å². The summed E-state index contributed by atoms with van der Waals surface area (Å²) in [5.74, 6) is 0.127. The van der Waals surface area contributed by atoms with Gasteiger partial charge >= 0.3 is 0 Å². The van der Waals surface area contributed by atoms with E-state index in [0.29, 0.717) is 6.42 Å². The van der Waals surface area contributed by atoms with Crippen LogP contribution >= 0.6 is 0 Å². The molecule has 2 rings (SSSR count). The highest BCUT2D eigenvalue weighted by Crippen LogP contribution is 2.22. The van der Waals surface area contributed by atoms with Gasteiger partial charge in [0, 0.05) is 6.42 Å². The van der Waals surface area contributed by atoms with Crippen molar-refractivity contribution in [3.8, 4) is 0 Å². The fourth-order valence-corrected chi connectivity index (χ4v) is 2.59. The number of allylic oxidation sites excluding steroid dienone is 1. The van der Waals surface area contributed by atoms with E-state index in [0.717, 1.165) is 18.4 Å². The van der Waals surface area contributed by atoms with Crippen LogP contribution in [-0.2, 0) is 10.3 Å². The van der Waals surface area contributed by atoms with Gasteiger partial charge in [-0.25, -0.2) is 0 Å². The van der Waals surface area contributed by atoms with Gasteiger partial charge < -0.3 is 5.32 Å². The number of benzene rings is 1. The molecule has 1 amide bonds. The van der Waals surface area contributed by atoms with Crippen molar-refractivity contribution >= 4 is 5.91 Å². The molecule has 1 aliphatic carbocycles. The lowest BCUT2D eigenvalue weighted by Gasteiger charge is -2.27. The fourth-order valence-electron chi connectivity index (χ4n) is 2.59. The molecule has 0 atom stereocenters. The molecule has 0 spiro atoms. The second-order valence-electron chi connectivity index (χ2n) is 5.82. The van der Waals surface area contributed by atoms with Crippen LogP contribution in [0.3, 0.4) is 0 Å². The first-order valence-corrected chi connectivity index (χ1v) is 7.12. The lowest BCUT2D eigenvalue weighted by Crippen LogP contribution is -2.41. The molecule has 2 heteroatoms. The van der Waals surface area contributed by atoms with Gasteiger partial charge in [-0.1, -0.05) is 42.0 Å². The van der Waals surface area contributed by atoms with E-state index in [2.05, 4.69) is 37.4 Å². The Morgan fingerprint density at radius 3 is 2.58 bits per heavy atom. The lowest BCUT2D eigenvalue weighted by atomic mass is 9.93. The van der Waals surface area contributed by atoms with Crippen molar-refractivity contribution in [2.45, 2.75) is 51.5 Å². The highest BCUT2D eigenvalue weighted by Gasteiger charge is 2.22. The predicted molar refractivity (Wildman–Crippen MR) is 78.8 cm³/mol. The maximum Gasteiger partial charge on any atom is 0.224 e. The van der Waals surface area contributed by atoms with Crippen LogP contribution in [0.15, 0.2) is 42.0 Å². The van der Waals surface area contributed by atoms with E-state index in [1.807, 2.05) is 18.2 Å². The van der Waals surface area contributed by atoms with E-state index < -0.39 is 0 Å². The first-order chi connectivity index (χ1) is 9.08. The maximum atomic E-state index is 12.1. The summed E-state index contributed by atoms with van der Waals surface area (Å²) < 4.78 is 0. The molecule has 1 aromatic rings. The summed E-state index contributed by atoms with van der Waals surface area (Å²) in [4.78, 5) is 12.1. The standard InChI is InChI=1S/C17H23NO/c1-17(2,15-11-7-4-8-12-15)18-16(19)13-14-9-5-3-6-10-14/h4,7-9,11-12H,3,5-6,10,13H2,1-2H3,(H,18,19). The summed E-state index contributed by atoms with van der Waals surface area (Å²) in [6.07, 6.45) is 7.49. The van der Waals surface area contributed by atoms with Crippen molar-refractivity contribution in [2.75, 3.05) is 0 Å². The van der Waals surface area contributed by atoms with E-state index >= 15 is 0 Å². The van der Waals surface area contributed by atoms with Gasteiger partial charge in [0.2, 0.25) is 5.91 Å². The molecule has 19 heavy (non-hydrogen) atoms. The van der Waals surface area contributed by atoms with Gasteiger partial charge in [-0.3, -0.25) is 4.79 Å². The molecule has 0 aliphatic heterocycles. The Kier molecular flexibility index (Phi) is 4.41. The Balaban J connectivity index is 1.96. The normalized spacial score (nSPS) is 15.8. The number of carbonyl (C=O) groups is 1. The monoisotopic (exact) mass is 257 g/mol. The summed E-state index contributed by atoms with van der Waals surface area (Å²) >= 11 is 0. The van der Waals surface area contributed by atoms with Crippen LogP contribution in [0, 0.1) is 0 Å². The number of carbonyl (C=O) groups excluding carboxylic acids is 1. The number of hydrogen-bond donors (Lipinski definition) is 1. The third-order valence-electron chi connectivity index (χ3n) is 3.72. The minimum atomic E-state index is -0.312. The second-order valence-corrected chi connectivity index (χ2v) is 5.82. The summed E-state index contributed by atoms with van der Waals surface area (Å²) in [6, 6.07) is 10.1. The number of nitrogens with one attached hydrogen (secondary N) is 1. The zero-order valence-corrected chi connectivity index (χ0v) is 11.9. The molecule has 0 unspecified atom stereocenters. The SMILES string of the molecule is CC(C)(NC(=O)CC1=CCCCC1)c1ccccc1. The maximum absolute atomic E-state index is 12.1. The van der Waals surface area contributed by atoms with Gasteiger partial charge in [0.25, 0.3) is 0 Å². The highest BCUT2D eigenvalue weighted by molar-refractivity contribution is 5.79. The van der Waals surface area contributed by atoms with Crippen LogP contribution in [0.25, 0.3) is 0 Å². The second kappa shape index (κ2) is 6.05. The molecule has 1 aromatic carbocycles. The van der Waals surface area contributed by atoms with Gasteiger partial charge in [-0.15, -0.1) is 0 Å². The Morgan fingerprint density at radius 2 is 1.95 bits per heavy atom. The van der Waals surface area contributed by atoms with Crippen LogP contribution in [0.2, 0.25) is 0 Å². The predicted octanol–water partition coefficient (Wildman–Crippen LogP) is 3.93. The van der Waals surface area contributed by atoms with Crippen molar-refractivity contribution < 1.29 is 4.79 Å². The first kappa shape index (κ1) is 13.9. The van der Waals surface area contributed by atoms with E-state index in [1.54, 1.807) is 0 Å².